The topological polar surface area (TPSA) is 47.3 Å². The number of nitrogens with one attached hydrogen (secondary N) is 1. The van der Waals surface area contributed by atoms with Crippen LogP contribution in [0.25, 0.3) is 0 Å². The van der Waals surface area contributed by atoms with Crippen molar-refractivity contribution in [3.63, 3.8) is 0 Å². The highest BCUT2D eigenvalue weighted by Crippen LogP contribution is 2.43. The lowest BCUT2D eigenvalue weighted by molar-refractivity contribution is 0.409. The van der Waals surface area contributed by atoms with E-state index in [1.54, 1.807) is 7.11 Å². The van der Waals surface area contributed by atoms with Gasteiger partial charge in [-0.05, 0) is 48.4 Å². The molecule has 0 unspecified atom stereocenters. The van der Waals surface area contributed by atoms with Crippen LogP contribution in [0.1, 0.15) is 30.9 Å². The van der Waals surface area contributed by atoms with E-state index < -0.39 is 0 Å². The Balaban J connectivity index is 1.89. The second kappa shape index (κ2) is 5.72. The van der Waals surface area contributed by atoms with Gasteiger partial charge >= 0.3 is 0 Å². The molecule has 0 amide bonds. The van der Waals surface area contributed by atoms with Crippen molar-refractivity contribution in [2.45, 2.75) is 32.7 Å². The van der Waals surface area contributed by atoms with E-state index in [0.717, 1.165) is 31.8 Å². The van der Waals surface area contributed by atoms with Crippen LogP contribution >= 0.6 is 0 Å². The highest BCUT2D eigenvalue weighted by atomic mass is 16.5. The molecule has 0 radical (unpaired) electrons. The summed E-state index contributed by atoms with van der Waals surface area (Å²) in [5.41, 5.74) is 8.77. The number of ether oxygens (including phenoxy) is 1. The molecular formula is C15H24N2O. The zero-order valence-electron chi connectivity index (χ0n) is 11.5. The van der Waals surface area contributed by atoms with Crippen LogP contribution < -0.4 is 15.8 Å². The third kappa shape index (κ3) is 3.03. The first-order chi connectivity index (χ1) is 8.73. The second-order valence-electron chi connectivity index (χ2n) is 5.31. The summed E-state index contributed by atoms with van der Waals surface area (Å²) in [6.45, 7) is 4.92. The number of hydrogen-bond acceptors (Lipinski definition) is 3. The van der Waals surface area contributed by atoms with Crippen LogP contribution in [0.4, 0.5) is 0 Å². The van der Waals surface area contributed by atoms with Gasteiger partial charge in [0.25, 0.3) is 0 Å². The molecule has 1 aromatic rings. The molecule has 0 aliphatic heterocycles. The van der Waals surface area contributed by atoms with Crippen molar-refractivity contribution in [3.05, 3.63) is 29.3 Å². The lowest BCUT2D eigenvalue weighted by atomic mass is 10.1. The highest BCUT2D eigenvalue weighted by Gasteiger charge is 2.40. The minimum atomic E-state index is 0.403. The first kappa shape index (κ1) is 13.4. The molecule has 3 nitrogen and oxygen atoms in total. The number of nitrogens with two attached hydrogens (primary N) is 1. The van der Waals surface area contributed by atoms with Crippen molar-refractivity contribution in [2.24, 2.45) is 11.1 Å². The molecule has 0 atom stereocenters. The minimum absolute atomic E-state index is 0.403. The molecule has 1 aromatic carbocycles. The van der Waals surface area contributed by atoms with Crippen LogP contribution in [0, 0.1) is 5.41 Å². The lowest BCUT2D eigenvalue weighted by Gasteiger charge is -2.14. The largest absolute Gasteiger partial charge is 0.496 e. The van der Waals surface area contributed by atoms with Gasteiger partial charge < -0.3 is 15.8 Å². The Hall–Kier alpha value is -1.06. The van der Waals surface area contributed by atoms with Gasteiger partial charge in [0.05, 0.1) is 7.11 Å². The third-order valence-electron chi connectivity index (χ3n) is 3.94. The molecule has 0 spiro atoms. The fourth-order valence-electron chi connectivity index (χ4n) is 2.32. The van der Waals surface area contributed by atoms with Crippen molar-refractivity contribution >= 4 is 0 Å². The zero-order valence-corrected chi connectivity index (χ0v) is 11.5. The summed E-state index contributed by atoms with van der Waals surface area (Å²) in [4.78, 5) is 0. The van der Waals surface area contributed by atoms with Crippen molar-refractivity contribution in [1.82, 2.24) is 5.32 Å². The molecule has 3 N–H and O–H groups in total. The first-order valence-electron chi connectivity index (χ1n) is 6.79. The number of benzene rings is 1. The Bertz CT molecular complexity index is 399. The molecule has 18 heavy (non-hydrogen) atoms. The van der Waals surface area contributed by atoms with Gasteiger partial charge in [-0.3, -0.25) is 0 Å². The molecular weight excluding hydrogens is 224 g/mol. The van der Waals surface area contributed by atoms with E-state index in [2.05, 4.69) is 30.4 Å². The second-order valence-corrected chi connectivity index (χ2v) is 5.31. The van der Waals surface area contributed by atoms with E-state index in [1.807, 2.05) is 0 Å². The highest BCUT2D eigenvalue weighted by molar-refractivity contribution is 5.37. The van der Waals surface area contributed by atoms with Crippen LogP contribution in [0.2, 0.25) is 0 Å². The molecule has 2 rings (SSSR count). The van der Waals surface area contributed by atoms with Gasteiger partial charge in [-0.15, -0.1) is 0 Å². The molecule has 1 saturated carbocycles. The third-order valence-corrected chi connectivity index (χ3v) is 3.94. The van der Waals surface area contributed by atoms with Crippen LogP contribution in [0.5, 0.6) is 5.75 Å². The predicted molar refractivity (Wildman–Crippen MR) is 74.8 cm³/mol. The fourth-order valence-corrected chi connectivity index (χ4v) is 2.32. The van der Waals surface area contributed by atoms with Crippen molar-refractivity contribution in [2.75, 3.05) is 20.2 Å². The average Bonchev–Trinajstić information content (AvgIpc) is 3.19. The van der Waals surface area contributed by atoms with Gasteiger partial charge in [0, 0.05) is 13.1 Å². The summed E-state index contributed by atoms with van der Waals surface area (Å²) in [5.74, 6) is 0.988. The molecule has 3 heteroatoms. The van der Waals surface area contributed by atoms with Crippen LogP contribution in [0.15, 0.2) is 18.2 Å². The van der Waals surface area contributed by atoms with E-state index >= 15 is 0 Å². The van der Waals surface area contributed by atoms with Gasteiger partial charge in [-0.2, -0.15) is 0 Å². The molecule has 0 saturated heterocycles. The molecule has 0 heterocycles. The number of hydrogen-bond donors (Lipinski definition) is 2. The summed E-state index contributed by atoms with van der Waals surface area (Å²) in [6.07, 6.45) is 3.56. The van der Waals surface area contributed by atoms with Crippen LogP contribution in [-0.4, -0.2) is 20.2 Å². The maximum Gasteiger partial charge on any atom is 0.122 e. The Morgan fingerprint density at radius 3 is 2.72 bits per heavy atom. The normalized spacial score (nSPS) is 16.6. The van der Waals surface area contributed by atoms with Crippen molar-refractivity contribution < 1.29 is 4.74 Å². The Kier molecular flexibility index (Phi) is 4.25. The van der Waals surface area contributed by atoms with E-state index in [0.29, 0.717) is 5.41 Å². The maximum atomic E-state index is 5.78. The molecule has 1 fully saturated rings. The van der Waals surface area contributed by atoms with E-state index in [-0.39, 0.29) is 0 Å². The summed E-state index contributed by atoms with van der Waals surface area (Å²) in [7, 11) is 1.73. The van der Waals surface area contributed by atoms with E-state index in [9.17, 15) is 0 Å². The quantitative estimate of drug-likeness (QED) is 0.776. The molecule has 1 aliphatic carbocycles. The van der Waals surface area contributed by atoms with Crippen molar-refractivity contribution in [1.29, 1.82) is 0 Å². The van der Waals surface area contributed by atoms with E-state index in [1.165, 1.54) is 24.0 Å². The minimum Gasteiger partial charge on any atom is -0.496 e. The summed E-state index contributed by atoms with van der Waals surface area (Å²) < 4.78 is 5.34. The van der Waals surface area contributed by atoms with Gasteiger partial charge in [0.2, 0.25) is 0 Å². The molecule has 100 valence electrons. The summed E-state index contributed by atoms with van der Waals surface area (Å²) in [6, 6.07) is 6.42. The number of aryl methyl sites for hydroxylation is 1. The average molecular weight is 248 g/mol. The van der Waals surface area contributed by atoms with E-state index in [4.69, 9.17) is 10.5 Å². The van der Waals surface area contributed by atoms with Gasteiger partial charge in [-0.25, -0.2) is 0 Å². The molecule has 1 aliphatic rings. The lowest BCUT2D eigenvalue weighted by Crippen LogP contribution is -2.29. The monoisotopic (exact) mass is 248 g/mol. The van der Waals surface area contributed by atoms with Gasteiger partial charge in [0.1, 0.15) is 5.75 Å². The Morgan fingerprint density at radius 2 is 2.17 bits per heavy atom. The number of methoxy groups -OCH3 is 1. The summed E-state index contributed by atoms with van der Waals surface area (Å²) >= 11 is 0. The molecule has 0 aromatic heterocycles. The van der Waals surface area contributed by atoms with Crippen LogP contribution in [0.3, 0.4) is 0 Å². The predicted octanol–water partition coefficient (Wildman–Crippen LogP) is 2.09. The summed E-state index contributed by atoms with van der Waals surface area (Å²) in [5, 5.41) is 3.52. The smallest absolute Gasteiger partial charge is 0.122 e. The number of rotatable bonds is 7. The zero-order chi connectivity index (χ0) is 13.0. The first-order valence-corrected chi connectivity index (χ1v) is 6.79. The standard InChI is InChI=1S/C15H24N2O/c1-3-13-8-12(4-5-14(13)18-2)9-17-11-15(10-16)6-7-15/h4-5,8,17H,3,6-7,9-11,16H2,1-2H3. The van der Waals surface area contributed by atoms with Gasteiger partial charge in [0.15, 0.2) is 0 Å². The SMILES string of the molecule is CCc1cc(CNCC2(CN)CC2)ccc1OC. The van der Waals surface area contributed by atoms with Gasteiger partial charge in [-0.1, -0.05) is 19.1 Å². The van der Waals surface area contributed by atoms with Crippen molar-refractivity contribution in [3.8, 4) is 5.75 Å². The molecule has 0 bridgehead atoms. The fraction of sp³-hybridized carbons (Fsp3) is 0.600. The Labute approximate surface area is 110 Å². The maximum absolute atomic E-state index is 5.78. The van der Waals surface area contributed by atoms with Crippen LogP contribution in [-0.2, 0) is 13.0 Å². The Morgan fingerprint density at radius 1 is 1.39 bits per heavy atom.